The van der Waals surface area contributed by atoms with Gasteiger partial charge in [0.2, 0.25) is 15.9 Å². The Labute approximate surface area is 167 Å². The molecule has 150 valence electrons. The largest absolute Gasteiger partial charge is 0.480 e. The summed E-state index contributed by atoms with van der Waals surface area (Å²) in [5.41, 5.74) is 1.72. The van der Waals surface area contributed by atoms with E-state index in [1.54, 1.807) is 19.1 Å². The van der Waals surface area contributed by atoms with Gasteiger partial charge in [-0.2, -0.15) is 5.26 Å². The van der Waals surface area contributed by atoms with E-state index in [0.29, 0.717) is 28.8 Å². The summed E-state index contributed by atoms with van der Waals surface area (Å²) in [5.74, 6) is -0.557. The number of anilines is 3. The number of nitriles is 1. The second-order valence-electron chi connectivity index (χ2n) is 6.12. The van der Waals surface area contributed by atoms with Crippen molar-refractivity contribution >= 4 is 38.1 Å². The molecular formula is C19H18FN5O3S. The average molecular weight is 415 g/mol. The Kier molecular flexibility index (Phi) is 5.79. The molecule has 0 bridgehead atoms. The van der Waals surface area contributed by atoms with E-state index in [9.17, 15) is 18.1 Å². The van der Waals surface area contributed by atoms with Gasteiger partial charge < -0.3 is 10.1 Å². The summed E-state index contributed by atoms with van der Waals surface area (Å²) in [4.78, 5) is 8.47. The first-order chi connectivity index (χ1) is 13.9. The summed E-state index contributed by atoms with van der Waals surface area (Å²) in [6.45, 7) is 1.72. The van der Waals surface area contributed by atoms with Crippen molar-refractivity contribution in [3.8, 4) is 11.9 Å². The van der Waals surface area contributed by atoms with E-state index in [1.165, 1.54) is 25.4 Å². The first kappa shape index (κ1) is 20.3. The molecule has 2 aromatic carbocycles. The van der Waals surface area contributed by atoms with Gasteiger partial charge in [-0.25, -0.2) is 22.8 Å². The van der Waals surface area contributed by atoms with E-state index >= 15 is 0 Å². The molecule has 3 rings (SSSR count). The first-order valence-electron chi connectivity index (χ1n) is 8.67. The van der Waals surface area contributed by atoms with Crippen LogP contribution >= 0.6 is 0 Å². The number of fused-ring (bicyclic) bond motifs is 1. The standard InChI is InChI=1S/C19H18FN5O3S/c1-3-8-29(26,27)25-17-9-12(4-5-14(17)20)23-15-6-7-16-19(13(15)10-21)24-18(28-2)11-22-16/h4-7,9,11,23,25H,3,8H2,1-2H3. The van der Waals surface area contributed by atoms with Crippen molar-refractivity contribution in [3.05, 3.63) is 47.9 Å². The van der Waals surface area contributed by atoms with Crippen molar-refractivity contribution in [2.45, 2.75) is 13.3 Å². The van der Waals surface area contributed by atoms with Crippen LogP contribution in [0.2, 0.25) is 0 Å². The molecule has 0 atom stereocenters. The lowest BCUT2D eigenvalue weighted by molar-refractivity contribution is 0.397. The molecule has 0 fully saturated rings. The molecule has 29 heavy (non-hydrogen) atoms. The maximum atomic E-state index is 14.1. The number of methoxy groups -OCH3 is 1. The summed E-state index contributed by atoms with van der Waals surface area (Å²) >= 11 is 0. The Morgan fingerprint density at radius 3 is 2.72 bits per heavy atom. The van der Waals surface area contributed by atoms with E-state index in [2.05, 4.69) is 26.1 Å². The highest BCUT2D eigenvalue weighted by Crippen LogP contribution is 2.29. The molecule has 0 aliphatic carbocycles. The molecule has 0 spiro atoms. The first-order valence-corrected chi connectivity index (χ1v) is 10.3. The smallest absolute Gasteiger partial charge is 0.232 e. The van der Waals surface area contributed by atoms with E-state index in [4.69, 9.17) is 4.74 Å². The lowest BCUT2D eigenvalue weighted by Crippen LogP contribution is -2.17. The van der Waals surface area contributed by atoms with Crippen LogP contribution in [0.15, 0.2) is 36.5 Å². The molecule has 3 aromatic rings. The fourth-order valence-electron chi connectivity index (χ4n) is 2.70. The SMILES string of the molecule is CCCS(=O)(=O)Nc1cc(Nc2ccc3ncc(OC)nc3c2C#N)ccc1F. The Balaban J connectivity index is 1.99. The number of nitrogens with one attached hydrogen (secondary N) is 2. The van der Waals surface area contributed by atoms with Gasteiger partial charge in [-0.05, 0) is 36.8 Å². The van der Waals surface area contributed by atoms with Gasteiger partial charge in [0.1, 0.15) is 23.0 Å². The third-order valence-electron chi connectivity index (χ3n) is 4.00. The predicted molar refractivity (Wildman–Crippen MR) is 108 cm³/mol. The second kappa shape index (κ2) is 8.28. The highest BCUT2D eigenvalue weighted by Gasteiger charge is 2.15. The van der Waals surface area contributed by atoms with Gasteiger partial charge >= 0.3 is 0 Å². The molecule has 8 nitrogen and oxygen atoms in total. The highest BCUT2D eigenvalue weighted by molar-refractivity contribution is 7.92. The minimum atomic E-state index is -3.65. The third-order valence-corrected chi connectivity index (χ3v) is 5.47. The van der Waals surface area contributed by atoms with E-state index in [-0.39, 0.29) is 22.9 Å². The quantitative estimate of drug-likeness (QED) is 0.606. The fraction of sp³-hybridized carbons (Fsp3) is 0.211. The van der Waals surface area contributed by atoms with Gasteiger partial charge in [0.15, 0.2) is 0 Å². The summed E-state index contributed by atoms with van der Waals surface area (Å²) in [6, 6.07) is 9.32. The van der Waals surface area contributed by atoms with Crippen LogP contribution in [0.3, 0.4) is 0 Å². The number of halogens is 1. The number of aromatic nitrogens is 2. The molecule has 1 aromatic heterocycles. The van der Waals surface area contributed by atoms with Gasteiger partial charge in [0, 0.05) is 5.69 Å². The normalized spacial score (nSPS) is 11.1. The van der Waals surface area contributed by atoms with Crippen LogP contribution in [-0.2, 0) is 10.0 Å². The van der Waals surface area contributed by atoms with Crippen LogP contribution in [0.1, 0.15) is 18.9 Å². The van der Waals surface area contributed by atoms with Crippen LogP contribution < -0.4 is 14.8 Å². The molecule has 2 N–H and O–H groups in total. The van der Waals surface area contributed by atoms with Crippen LogP contribution in [0, 0.1) is 17.1 Å². The number of hydrogen-bond donors (Lipinski definition) is 2. The van der Waals surface area contributed by atoms with Crippen LogP contribution in [0.25, 0.3) is 11.0 Å². The van der Waals surface area contributed by atoms with Crippen molar-refractivity contribution in [2.75, 3.05) is 22.9 Å². The zero-order valence-electron chi connectivity index (χ0n) is 15.7. The van der Waals surface area contributed by atoms with Crippen LogP contribution in [-0.4, -0.2) is 31.2 Å². The summed E-state index contributed by atoms with van der Waals surface area (Å²) in [7, 11) is -2.20. The van der Waals surface area contributed by atoms with Crippen molar-refractivity contribution < 1.29 is 17.5 Å². The van der Waals surface area contributed by atoms with E-state index in [0.717, 1.165) is 6.07 Å². The Hall–Kier alpha value is -3.45. The number of hydrogen-bond acceptors (Lipinski definition) is 7. The van der Waals surface area contributed by atoms with E-state index < -0.39 is 15.8 Å². The number of nitrogens with zero attached hydrogens (tertiary/aromatic N) is 3. The highest BCUT2D eigenvalue weighted by atomic mass is 32.2. The predicted octanol–water partition coefficient (Wildman–Crippen LogP) is 3.54. The van der Waals surface area contributed by atoms with E-state index in [1.807, 2.05) is 0 Å². The maximum absolute atomic E-state index is 14.1. The van der Waals surface area contributed by atoms with Gasteiger partial charge in [-0.3, -0.25) is 4.72 Å². The lowest BCUT2D eigenvalue weighted by Gasteiger charge is -2.13. The Morgan fingerprint density at radius 2 is 2.03 bits per heavy atom. The number of rotatable bonds is 7. The van der Waals surface area contributed by atoms with Gasteiger partial charge in [0.05, 0.1) is 36.0 Å². The molecule has 0 saturated carbocycles. The monoisotopic (exact) mass is 415 g/mol. The minimum Gasteiger partial charge on any atom is -0.480 e. The molecule has 0 radical (unpaired) electrons. The molecule has 0 aliphatic rings. The van der Waals surface area contributed by atoms with Gasteiger partial charge in [-0.1, -0.05) is 6.92 Å². The minimum absolute atomic E-state index is 0.117. The zero-order valence-corrected chi connectivity index (χ0v) is 16.5. The number of sulfonamides is 1. The second-order valence-corrected chi connectivity index (χ2v) is 7.96. The molecular weight excluding hydrogens is 397 g/mol. The average Bonchev–Trinajstić information content (AvgIpc) is 2.69. The van der Waals surface area contributed by atoms with Crippen molar-refractivity contribution in [1.82, 2.24) is 9.97 Å². The van der Waals surface area contributed by atoms with Crippen LogP contribution in [0.5, 0.6) is 5.88 Å². The molecule has 0 aliphatic heterocycles. The zero-order chi connectivity index (χ0) is 21.0. The molecule has 10 heteroatoms. The lowest BCUT2D eigenvalue weighted by atomic mass is 10.1. The Morgan fingerprint density at radius 1 is 1.24 bits per heavy atom. The molecule has 0 unspecified atom stereocenters. The number of benzene rings is 2. The van der Waals surface area contributed by atoms with Gasteiger partial charge in [-0.15, -0.1) is 0 Å². The summed E-state index contributed by atoms with van der Waals surface area (Å²) < 4.78 is 45.3. The van der Waals surface area contributed by atoms with Crippen molar-refractivity contribution in [2.24, 2.45) is 0 Å². The maximum Gasteiger partial charge on any atom is 0.232 e. The van der Waals surface area contributed by atoms with Crippen LogP contribution in [0.4, 0.5) is 21.5 Å². The summed E-state index contributed by atoms with van der Waals surface area (Å²) in [6.07, 6.45) is 1.85. The third kappa shape index (κ3) is 4.52. The topological polar surface area (TPSA) is 117 Å². The molecule has 1 heterocycles. The molecule has 0 saturated heterocycles. The number of ether oxygens (including phenoxy) is 1. The Bertz CT molecular complexity index is 1210. The summed E-state index contributed by atoms with van der Waals surface area (Å²) in [5, 5.41) is 12.6. The van der Waals surface area contributed by atoms with Crippen molar-refractivity contribution in [1.29, 1.82) is 5.26 Å². The fourth-order valence-corrected chi connectivity index (χ4v) is 3.83. The van der Waals surface area contributed by atoms with Crippen molar-refractivity contribution in [3.63, 3.8) is 0 Å². The molecule has 0 amide bonds. The van der Waals surface area contributed by atoms with Gasteiger partial charge in [0.25, 0.3) is 0 Å².